The summed E-state index contributed by atoms with van der Waals surface area (Å²) in [5.41, 5.74) is 0. The van der Waals surface area contributed by atoms with Crippen LogP contribution in [-0.2, 0) is 0 Å². The zero-order chi connectivity index (χ0) is 39.8. The molecule has 0 aromatic rings. The fourth-order valence-corrected chi connectivity index (χ4v) is 44.4. The average molecular weight is 1160 g/mol. The minimum atomic E-state index is -0.839. The third-order valence-electron chi connectivity index (χ3n) is 10.6. The van der Waals surface area contributed by atoms with Gasteiger partial charge in [-0.3, -0.25) is 0 Å². The van der Waals surface area contributed by atoms with Crippen molar-refractivity contribution >= 4 is 79.0 Å². The van der Waals surface area contributed by atoms with Gasteiger partial charge in [0.05, 0.1) is 0 Å². The maximum atomic E-state index is 2.33. The Morgan fingerprint density at radius 2 is 0.231 bits per heavy atom. The first-order chi connectivity index (χ1) is 25.4. The molecule has 0 fully saturated rings. The summed E-state index contributed by atoms with van der Waals surface area (Å²) < 4.78 is 20.2. The number of hydrogen-bond acceptors (Lipinski definition) is 0. The third-order valence-corrected chi connectivity index (χ3v) is 46.9. The van der Waals surface area contributed by atoms with E-state index in [-0.39, 0.29) is 0 Å². The summed E-state index contributed by atoms with van der Waals surface area (Å²) in [6, 6.07) is 0. The molecular weight excluding hydrogens is 1050 g/mol. The second-order valence-corrected chi connectivity index (χ2v) is 50.5. The van der Waals surface area contributed by atoms with Crippen LogP contribution in [0.1, 0.15) is 237 Å². The Kier molecular flexibility index (Phi) is 69.6. The van der Waals surface area contributed by atoms with Crippen LogP contribution in [0.4, 0.5) is 0 Å². The summed E-state index contributed by atoms with van der Waals surface area (Å²) in [5.74, 6) is 0. The Balaban J connectivity index is -0.000000295. The zero-order valence-electron chi connectivity index (χ0n) is 39.5. The molecular formula is C48H108Sn4. The molecule has 52 heavy (non-hydrogen) atoms. The van der Waals surface area contributed by atoms with Crippen LogP contribution >= 0.6 is 0 Å². The molecule has 316 valence electrons. The Bertz CT molecular complexity index is 384. The first-order valence-corrected chi connectivity index (χ1v) is 48.9. The van der Waals surface area contributed by atoms with Gasteiger partial charge in [-0.05, 0) is 0 Å². The zero-order valence-corrected chi connectivity index (χ0v) is 50.9. The van der Waals surface area contributed by atoms with E-state index in [1.807, 2.05) is 0 Å². The second-order valence-electron chi connectivity index (χ2n) is 16.2. The molecule has 0 bridgehead atoms. The molecule has 0 saturated carbocycles. The molecule has 0 nitrogen and oxygen atoms in total. The molecule has 4 heteroatoms. The van der Waals surface area contributed by atoms with Gasteiger partial charge < -0.3 is 0 Å². The number of rotatable bonds is 36. The van der Waals surface area contributed by atoms with Crippen molar-refractivity contribution in [1.82, 2.24) is 0 Å². The topological polar surface area (TPSA) is 0 Å². The Labute approximate surface area is 365 Å². The molecule has 0 aliphatic carbocycles. The van der Waals surface area contributed by atoms with Crippen molar-refractivity contribution in [3.05, 3.63) is 0 Å². The van der Waals surface area contributed by atoms with Gasteiger partial charge >= 0.3 is 369 Å². The van der Waals surface area contributed by atoms with Crippen molar-refractivity contribution in [2.45, 2.75) is 290 Å². The molecule has 0 aromatic heterocycles. The van der Waals surface area contributed by atoms with Crippen molar-refractivity contribution in [2.75, 3.05) is 0 Å². The van der Waals surface area contributed by atoms with Gasteiger partial charge in [-0.2, -0.15) is 0 Å². The Hall–Kier alpha value is 3.19. The quantitative estimate of drug-likeness (QED) is 0.0549. The average Bonchev–Trinajstić information content (AvgIpc) is 3.17. The van der Waals surface area contributed by atoms with E-state index in [2.05, 4.69) is 83.1 Å². The van der Waals surface area contributed by atoms with Gasteiger partial charge in [0.25, 0.3) is 0 Å². The second kappa shape index (κ2) is 58.5. The van der Waals surface area contributed by atoms with Crippen LogP contribution in [0.2, 0.25) is 53.2 Å². The van der Waals surface area contributed by atoms with Crippen LogP contribution < -0.4 is 0 Å². The van der Waals surface area contributed by atoms with Crippen molar-refractivity contribution < 1.29 is 0 Å². The molecule has 0 unspecified atom stereocenters. The van der Waals surface area contributed by atoms with Crippen LogP contribution in [0.25, 0.3) is 0 Å². The van der Waals surface area contributed by atoms with E-state index in [4.69, 9.17) is 0 Å². The van der Waals surface area contributed by atoms with Crippen LogP contribution in [0.3, 0.4) is 0 Å². The van der Waals surface area contributed by atoms with Crippen molar-refractivity contribution in [3.63, 3.8) is 0 Å². The van der Waals surface area contributed by atoms with Crippen molar-refractivity contribution in [1.29, 1.82) is 0 Å². The summed E-state index contributed by atoms with van der Waals surface area (Å²) in [7, 11) is 0. The molecule has 0 rings (SSSR count). The van der Waals surface area contributed by atoms with Crippen molar-refractivity contribution in [3.8, 4) is 0 Å². The molecule has 0 N–H and O–H groups in total. The number of unbranched alkanes of at least 4 members (excludes halogenated alkanes) is 12. The van der Waals surface area contributed by atoms with Gasteiger partial charge in [0, 0.05) is 0 Å². The van der Waals surface area contributed by atoms with Crippen LogP contribution in [0.5, 0.6) is 0 Å². The molecule has 4 radical (unpaired) electrons. The molecule has 0 heterocycles. The monoisotopic (exact) mass is 1160 g/mol. The summed E-state index contributed by atoms with van der Waals surface area (Å²) >= 11 is -3.36. The van der Waals surface area contributed by atoms with E-state index in [1.165, 1.54) is 154 Å². The first kappa shape index (κ1) is 61.9. The molecule has 0 saturated heterocycles. The Morgan fingerprint density at radius 1 is 0.154 bits per heavy atom. The fourth-order valence-electron chi connectivity index (χ4n) is 6.62. The SMILES string of the molecule is CCC[CH2][Sn]([CH2]CCC)[CH2]CCC.CCC[CH2][Sn]([CH2]CCC)[CH2]CCC.CCC[CH2][Sn]([CH2]CCC)[CH2]CCC.CCC[CH2][Sn]([CH2]CCC)[CH2]CCC. The maximum absolute atomic E-state index is 2.33. The predicted molar refractivity (Wildman–Crippen MR) is 260 cm³/mol. The first-order valence-electron chi connectivity index (χ1n) is 24.7. The third kappa shape index (κ3) is 55.3. The van der Waals surface area contributed by atoms with Gasteiger partial charge in [0.15, 0.2) is 0 Å². The molecule has 0 amide bonds. The van der Waals surface area contributed by atoms with E-state index in [0.29, 0.717) is 0 Å². The van der Waals surface area contributed by atoms with E-state index in [1.54, 1.807) is 53.2 Å². The minimum absolute atomic E-state index is 0.839. The van der Waals surface area contributed by atoms with Crippen LogP contribution in [0.15, 0.2) is 0 Å². The van der Waals surface area contributed by atoms with Gasteiger partial charge in [-0.1, -0.05) is 0 Å². The molecule has 0 spiro atoms. The summed E-state index contributed by atoms with van der Waals surface area (Å²) in [4.78, 5) is 0. The van der Waals surface area contributed by atoms with Gasteiger partial charge in [0.2, 0.25) is 0 Å². The fraction of sp³-hybridized carbons (Fsp3) is 1.00. The summed E-state index contributed by atoms with van der Waals surface area (Å²) in [6.45, 7) is 28.0. The van der Waals surface area contributed by atoms with E-state index in [9.17, 15) is 0 Å². The van der Waals surface area contributed by atoms with Gasteiger partial charge in [-0.25, -0.2) is 0 Å². The van der Waals surface area contributed by atoms with E-state index < -0.39 is 79.0 Å². The number of hydrogen-bond donors (Lipinski definition) is 0. The van der Waals surface area contributed by atoms with E-state index in [0.717, 1.165) is 0 Å². The van der Waals surface area contributed by atoms with Gasteiger partial charge in [-0.15, -0.1) is 0 Å². The molecule has 0 atom stereocenters. The van der Waals surface area contributed by atoms with Crippen molar-refractivity contribution in [2.24, 2.45) is 0 Å². The molecule has 0 aromatic carbocycles. The summed E-state index contributed by atoms with van der Waals surface area (Å²) in [6.07, 6.45) is 35.4. The summed E-state index contributed by atoms with van der Waals surface area (Å²) in [5, 5.41) is 0. The standard InChI is InChI=1S/12C4H9.4Sn/c12*1-3-4-2;;;;/h12*1,3-4H2,2H3;;;;. The van der Waals surface area contributed by atoms with E-state index >= 15 is 0 Å². The predicted octanol–water partition coefficient (Wildman–Crippen LogP) is 19.5. The Morgan fingerprint density at radius 3 is 0.288 bits per heavy atom. The molecule has 0 aliphatic rings. The normalized spacial score (nSPS) is 11.1. The molecule has 0 aliphatic heterocycles. The van der Waals surface area contributed by atoms with Crippen LogP contribution in [0, 0.1) is 0 Å². The van der Waals surface area contributed by atoms with Crippen LogP contribution in [-0.4, -0.2) is 79.0 Å². The van der Waals surface area contributed by atoms with Gasteiger partial charge in [0.1, 0.15) is 0 Å².